The number of nitrogens with one attached hydrogen (secondary N) is 2. The first-order valence-electron chi connectivity index (χ1n) is 8.84. The number of hydrogen-bond acceptors (Lipinski definition) is 5. The molecule has 6 nitrogen and oxygen atoms in total. The van der Waals surface area contributed by atoms with Crippen molar-refractivity contribution in [3.8, 4) is 0 Å². The summed E-state index contributed by atoms with van der Waals surface area (Å²) in [6, 6.07) is 18.0. The van der Waals surface area contributed by atoms with Crippen molar-refractivity contribution in [3.63, 3.8) is 0 Å². The summed E-state index contributed by atoms with van der Waals surface area (Å²) in [6.45, 7) is 0. The molecule has 2 aromatic heterocycles. The highest BCUT2D eigenvalue weighted by Crippen LogP contribution is 2.24. The highest BCUT2D eigenvalue weighted by molar-refractivity contribution is 6.31. The van der Waals surface area contributed by atoms with Gasteiger partial charge in [0.15, 0.2) is 0 Å². The second-order valence-corrected chi connectivity index (χ2v) is 6.59. The summed E-state index contributed by atoms with van der Waals surface area (Å²) in [5, 5.41) is 1.45. The van der Waals surface area contributed by atoms with E-state index in [0.717, 1.165) is 22.2 Å². The maximum absolute atomic E-state index is 12.7. The van der Waals surface area contributed by atoms with Crippen molar-refractivity contribution in [1.82, 2.24) is 15.4 Å². The molecule has 2 aromatic carbocycles. The third kappa shape index (κ3) is 4.39. The van der Waals surface area contributed by atoms with Gasteiger partial charge in [0.25, 0.3) is 5.91 Å². The Hall–Kier alpha value is -3.77. The summed E-state index contributed by atoms with van der Waals surface area (Å²) < 4.78 is 0. The molecule has 0 saturated heterocycles. The SMILES string of the molecule is O=C(NNc1ccnc2cc(Cl)ccc12)c1ccccc1N=Cc1ccncc1. The van der Waals surface area contributed by atoms with E-state index in [-0.39, 0.29) is 5.91 Å². The number of nitrogens with zero attached hydrogens (tertiary/aromatic N) is 3. The number of aromatic nitrogens is 2. The fourth-order valence-electron chi connectivity index (χ4n) is 2.79. The number of hydrazine groups is 1. The van der Waals surface area contributed by atoms with Crippen LogP contribution in [0.15, 0.2) is 84.2 Å². The van der Waals surface area contributed by atoms with Crippen LogP contribution in [0.2, 0.25) is 5.02 Å². The number of rotatable bonds is 5. The highest BCUT2D eigenvalue weighted by atomic mass is 35.5. The van der Waals surface area contributed by atoms with Crippen LogP contribution in [0.4, 0.5) is 11.4 Å². The monoisotopic (exact) mass is 401 g/mol. The zero-order valence-corrected chi connectivity index (χ0v) is 16.0. The number of anilines is 1. The minimum Gasteiger partial charge on any atom is -0.298 e. The van der Waals surface area contributed by atoms with Crippen LogP contribution in [0.1, 0.15) is 15.9 Å². The van der Waals surface area contributed by atoms with Gasteiger partial charge >= 0.3 is 0 Å². The number of para-hydroxylation sites is 1. The van der Waals surface area contributed by atoms with Crippen LogP contribution in [0, 0.1) is 0 Å². The van der Waals surface area contributed by atoms with Gasteiger partial charge in [-0.1, -0.05) is 23.7 Å². The molecule has 1 amide bonds. The molecule has 0 aliphatic carbocycles. The average Bonchev–Trinajstić information content (AvgIpc) is 2.76. The summed E-state index contributed by atoms with van der Waals surface area (Å²) in [7, 11) is 0. The highest BCUT2D eigenvalue weighted by Gasteiger charge is 2.11. The van der Waals surface area contributed by atoms with Crippen molar-refractivity contribution in [2.24, 2.45) is 4.99 Å². The number of hydrogen-bond donors (Lipinski definition) is 2. The number of pyridine rings is 2. The van der Waals surface area contributed by atoms with Crippen LogP contribution in [-0.2, 0) is 0 Å². The lowest BCUT2D eigenvalue weighted by molar-refractivity contribution is 0.0963. The Bertz CT molecular complexity index is 1190. The molecule has 2 N–H and O–H groups in total. The van der Waals surface area contributed by atoms with Gasteiger partial charge in [-0.3, -0.25) is 30.6 Å². The van der Waals surface area contributed by atoms with Crippen LogP contribution < -0.4 is 10.9 Å². The number of carbonyl (C=O) groups excluding carboxylic acids is 1. The normalized spacial score (nSPS) is 10.9. The molecule has 7 heteroatoms. The number of fused-ring (bicyclic) bond motifs is 1. The Morgan fingerprint density at radius 1 is 1.00 bits per heavy atom. The molecule has 0 aliphatic rings. The quantitative estimate of drug-likeness (QED) is 0.372. The zero-order valence-electron chi connectivity index (χ0n) is 15.2. The van der Waals surface area contributed by atoms with Crippen molar-refractivity contribution in [3.05, 3.63) is 95.4 Å². The number of amides is 1. The van der Waals surface area contributed by atoms with Gasteiger partial charge in [0, 0.05) is 35.2 Å². The second kappa shape index (κ2) is 8.50. The summed E-state index contributed by atoms with van der Waals surface area (Å²) in [5.41, 5.74) is 9.06. The van der Waals surface area contributed by atoms with Crippen molar-refractivity contribution < 1.29 is 4.79 Å². The molecular weight excluding hydrogens is 386 g/mol. The molecule has 0 spiro atoms. The Labute approximate surface area is 172 Å². The summed E-state index contributed by atoms with van der Waals surface area (Å²) in [6.07, 6.45) is 6.73. The molecule has 142 valence electrons. The van der Waals surface area contributed by atoms with Crippen LogP contribution >= 0.6 is 11.6 Å². The molecule has 0 bridgehead atoms. The first kappa shape index (κ1) is 18.6. The van der Waals surface area contributed by atoms with E-state index < -0.39 is 0 Å². The van der Waals surface area contributed by atoms with E-state index in [1.165, 1.54) is 0 Å². The third-order valence-corrected chi connectivity index (χ3v) is 4.46. The Morgan fingerprint density at radius 2 is 1.83 bits per heavy atom. The molecule has 0 unspecified atom stereocenters. The molecule has 4 rings (SSSR count). The molecule has 4 aromatic rings. The summed E-state index contributed by atoms with van der Waals surface area (Å²) >= 11 is 6.02. The first-order valence-corrected chi connectivity index (χ1v) is 9.22. The van der Waals surface area contributed by atoms with E-state index in [0.29, 0.717) is 16.3 Å². The standard InChI is InChI=1S/C22H16ClN5O/c23-16-5-6-17-20(9-12-25-21(17)13-16)27-28-22(29)18-3-1-2-4-19(18)26-14-15-7-10-24-11-8-15/h1-14H,(H,25,27)(H,28,29). The fraction of sp³-hybridized carbons (Fsp3) is 0. The van der Waals surface area contributed by atoms with Gasteiger partial charge < -0.3 is 0 Å². The molecule has 0 fully saturated rings. The van der Waals surface area contributed by atoms with Gasteiger partial charge in [0.2, 0.25) is 0 Å². The van der Waals surface area contributed by atoms with E-state index in [1.807, 2.05) is 24.3 Å². The van der Waals surface area contributed by atoms with Gasteiger partial charge in [0.05, 0.1) is 22.5 Å². The van der Waals surface area contributed by atoms with Gasteiger partial charge in [-0.05, 0) is 54.1 Å². The molecule has 0 aliphatic heterocycles. The molecule has 29 heavy (non-hydrogen) atoms. The van der Waals surface area contributed by atoms with Crippen molar-refractivity contribution in [2.75, 3.05) is 5.43 Å². The van der Waals surface area contributed by atoms with Crippen LogP contribution in [0.5, 0.6) is 0 Å². The lowest BCUT2D eigenvalue weighted by atomic mass is 10.1. The molecule has 0 radical (unpaired) electrons. The minimum absolute atomic E-state index is 0.300. The first-order chi connectivity index (χ1) is 14.2. The van der Waals surface area contributed by atoms with Crippen LogP contribution in [0.25, 0.3) is 10.9 Å². The lowest BCUT2D eigenvalue weighted by Gasteiger charge is -2.12. The van der Waals surface area contributed by atoms with Crippen molar-refractivity contribution in [1.29, 1.82) is 0 Å². The Balaban J connectivity index is 1.53. The fourth-order valence-corrected chi connectivity index (χ4v) is 2.96. The molecule has 2 heterocycles. The molecule has 0 atom stereocenters. The third-order valence-electron chi connectivity index (χ3n) is 4.22. The number of halogens is 1. The number of benzene rings is 2. The Morgan fingerprint density at radius 3 is 2.69 bits per heavy atom. The van der Waals surface area contributed by atoms with E-state index in [2.05, 4.69) is 25.8 Å². The number of aliphatic imine (C=N–C) groups is 1. The average molecular weight is 402 g/mol. The van der Waals surface area contributed by atoms with Gasteiger partial charge in [-0.2, -0.15) is 0 Å². The van der Waals surface area contributed by atoms with Crippen LogP contribution in [-0.4, -0.2) is 22.1 Å². The maximum atomic E-state index is 12.7. The van der Waals surface area contributed by atoms with Gasteiger partial charge in [-0.25, -0.2) is 0 Å². The van der Waals surface area contributed by atoms with E-state index in [1.54, 1.807) is 61.2 Å². The van der Waals surface area contributed by atoms with Crippen LogP contribution in [0.3, 0.4) is 0 Å². The topological polar surface area (TPSA) is 79.3 Å². The van der Waals surface area contributed by atoms with Gasteiger partial charge in [0.1, 0.15) is 0 Å². The van der Waals surface area contributed by atoms with Gasteiger partial charge in [-0.15, -0.1) is 0 Å². The predicted molar refractivity (Wildman–Crippen MR) is 116 cm³/mol. The predicted octanol–water partition coefficient (Wildman–Crippen LogP) is 4.79. The second-order valence-electron chi connectivity index (χ2n) is 6.16. The molecule has 0 saturated carbocycles. The Kier molecular flexibility index (Phi) is 5.45. The van der Waals surface area contributed by atoms with E-state index in [4.69, 9.17) is 11.6 Å². The van der Waals surface area contributed by atoms with E-state index in [9.17, 15) is 4.79 Å². The minimum atomic E-state index is -0.300. The lowest BCUT2D eigenvalue weighted by Crippen LogP contribution is -2.29. The summed E-state index contributed by atoms with van der Waals surface area (Å²) in [5.74, 6) is -0.300. The largest absolute Gasteiger partial charge is 0.298 e. The maximum Gasteiger partial charge on any atom is 0.271 e. The van der Waals surface area contributed by atoms with Crippen molar-refractivity contribution in [2.45, 2.75) is 0 Å². The van der Waals surface area contributed by atoms with E-state index >= 15 is 0 Å². The number of carbonyl (C=O) groups is 1. The summed E-state index contributed by atoms with van der Waals surface area (Å²) in [4.78, 5) is 25.5. The molecular formula is C22H16ClN5O. The zero-order chi connectivity index (χ0) is 20.1. The van der Waals surface area contributed by atoms with Crippen molar-refractivity contribution >= 4 is 46.0 Å². The smallest absolute Gasteiger partial charge is 0.271 e.